The molecule has 0 saturated carbocycles. The van der Waals surface area contributed by atoms with E-state index in [2.05, 4.69) is 29.2 Å². The number of Topliss-reactive ketones (excluding diaryl/α,β-unsaturated/α-hetero) is 1. The lowest BCUT2D eigenvalue weighted by molar-refractivity contribution is -0.143. The van der Waals surface area contributed by atoms with Gasteiger partial charge in [0.05, 0.1) is 7.11 Å². The topological polar surface area (TPSA) is 59.0 Å². The number of benzene rings is 1. The summed E-state index contributed by atoms with van der Waals surface area (Å²) in [5.74, 6) is -1.01. The zero-order valence-electron chi connectivity index (χ0n) is 17.7. The number of hydrogen-bond acceptors (Lipinski definition) is 6. The summed E-state index contributed by atoms with van der Waals surface area (Å²) in [5, 5.41) is 1.98. The maximum atomic E-state index is 13.4. The molecule has 30 heavy (non-hydrogen) atoms. The van der Waals surface area contributed by atoms with Gasteiger partial charge in [-0.2, -0.15) is 0 Å². The van der Waals surface area contributed by atoms with Crippen LogP contribution in [0.1, 0.15) is 42.0 Å². The lowest BCUT2D eigenvalue weighted by Crippen LogP contribution is -2.37. The lowest BCUT2D eigenvalue weighted by Gasteiger charge is -2.35. The number of ketones is 1. The van der Waals surface area contributed by atoms with Crippen molar-refractivity contribution in [2.45, 2.75) is 31.6 Å². The molecule has 0 amide bonds. The standard InChI is InChI=1S/C24H26N2O3S/c1-14-21(24(28)29-4)23(20-6-5-11-30-20)22-18(25-14)12-16(13-19(22)27)15-7-9-17(10-8-15)26(2)3/h5-11,16,21,23H,12-13H2,1-4H3/t16-,21?,23+/m1/s1. The Hall–Kier alpha value is -2.73. The Morgan fingerprint density at radius 1 is 1.17 bits per heavy atom. The molecule has 0 saturated heterocycles. The first-order valence-corrected chi connectivity index (χ1v) is 11.0. The SMILES string of the molecule is COC(=O)C1C(C)=NC2=C(C(=O)C[C@H](c3ccc(N(C)C)cc3)C2)[C@H]1c1cccs1. The van der Waals surface area contributed by atoms with Crippen molar-refractivity contribution in [3.8, 4) is 0 Å². The molecule has 3 atom stereocenters. The van der Waals surface area contributed by atoms with Crippen LogP contribution in [0.4, 0.5) is 5.69 Å². The second-order valence-electron chi connectivity index (χ2n) is 8.12. The fourth-order valence-electron chi connectivity index (χ4n) is 4.55. The third kappa shape index (κ3) is 3.60. The second-order valence-corrected chi connectivity index (χ2v) is 9.10. The first kappa shape index (κ1) is 20.5. The zero-order chi connectivity index (χ0) is 21.4. The number of methoxy groups -OCH3 is 1. The van der Waals surface area contributed by atoms with Crippen LogP contribution in [0.3, 0.4) is 0 Å². The first-order chi connectivity index (χ1) is 14.4. The summed E-state index contributed by atoms with van der Waals surface area (Å²) in [5.41, 5.74) is 4.51. The smallest absolute Gasteiger partial charge is 0.315 e. The zero-order valence-corrected chi connectivity index (χ0v) is 18.5. The van der Waals surface area contributed by atoms with E-state index in [4.69, 9.17) is 9.73 Å². The number of rotatable bonds is 4. The highest BCUT2D eigenvalue weighted by molar-refractivity contribution is 7.10. The van der Waals surface area contributed by atoms with Gasteiger partial charge in [0.1, 0.15) is 5.92 Å². The monoisotopic (exact) mass is 422 g/mol. The number of esters is 1. The average Bonchev–Trinajstić information content (AvgIpc) is 3.26. The summed E-state index contributed by atoms with van der Waals surface area (Å²) < 4.78 is 5.07. The molecular formula is C24H26N2O3S. The van der Waals surface area contributed by atoms with E-state index in [9.17, 15) is 9.59 Å². The molecule has 5 nitrogen and oxygen atoms in total. The Labute approximate surface area is 181 Å². The van der Waals surface area contributed by atoms with E-state index in [0.717, 1.165) is 27.5 Å². The fraction of sp³-hybridized carbons (Fsp3) is 0.375. The van der Waals surface area contributed by atoms with Crippen molar-refractivity contribution < 1.29 is 14.3 Å². The molecule has 6 heteroatoms. The minimum atomic E-state index is -0.549. The highest BCUT2D eigenvalue weighted by Gasteiger charge is 2.44. The van der Waals surface area contributed by atoms with Crippen molar-refractivity contribution in [2.24, 2.45) is 10.9 Å². The van der Waals surface area contributed by atoms with Crippen molar-refractivity contribution >= 4 is 34.5 Å². The van der Waals surface area contributed by atoms with Gasteiger partial charge in [-0.1, -0.05) is 18.2 Å². The molecule has 2 heterocycles. The van der Waals surface area contributed by atoms with Gasteiger partial charge in [-0.05, 0) is 48.4 Å². The number of nitrogens with zero attached hydrogens (tertiary/aromatic N) is 2. The Bertz CT molecular complexity index is 1020. The van der Waals surface area contributed by atoms with Gasteiger partial charge in [0, 0.05) is 54.0 Å². The number of carbonyl (C=O) groups excluding carboxylic acids is 2. The normalized spacial score (nSPS) is 23.7. The number of allylic oxidation sites excluding steroid dienone is 2. The van der Waals surface area contributed by atoms with Gasteiger partial charge >= 0.3 is 5.97 Å². The molecule has 1 aromatic carbocycles. The van der Waals surface area contributed by atoms with Gasteiger partial charge in [-0.3, -0.25) is 14.6 Å². The second kappa shape index (κ2) is 8.19. The van der Waals surface area contributed by atoms with Gasteiger partial charge in [-0.15, -0.1) is 11.3 Å². The molecule has 1 aliphatic heterocycles. The van der Waals surface area contributed by atoms with E-state index < -0.39 is 5.92 Å². The number of hydrogen-bond donors (Lipinski definition) is 0. The van der Waals surface area contributed by atoms with Crippen molar-refractivity contribution in [2.75, 3.05) is 26.1 Å². The fourth-order valence-corrected chi connectivity index (χ4v) is 5.42. The summed E-state index contributed by atoms with van der Waals surface area (Å²) in [6.45, 7) is 1.87. The summed E-state index contributed by atoms with van der Waals surface area (Å²) >= 11 is 1.57. The molecule has 4 rings (SSSR count). The van der Waals surface area contributed by atoms with Crippen molar-refractivity contribution in [1.29, 1.82) is 0 Å². The molecule has 0 fully saturated rings. The maximum absolute atomic E-state index is 13.4. The molecular weight excluding hydrogens is 396 g/mol. The van der Waals surface area contributed by atoms with Crippen LogP contribution in [0, 0.1) is 5.92 Å². The van der Waals surface area contributed by atoms with Gasteiger partial charge in [0.2, 0.25) is 0 Å². The molecule has 1 aliphatic carbocycles. The molecule has 156 valence electrons. The van der Waals surface area contributed by atoms with Crippen LogP contribution < -0.4 is 4.90 Å². The molecule has 0 spiro atoms. The molecule has 2 aliphatic rings. The van der Waals surface area contributed by atoms with Gasteiger partial charge in [-0.25, -0.2) is 0 Å². The highest BCUT2D eigenvalue weighted by atomic mass is 32.1. The van der Waals surface area contributed by atoms with E-state index in [1.54, 1.807) is 11.3 Å². The summed E-state index contributed by atoms with van der Waals surface area (Å²) in [6.07, 6.45) is 1.14. The van der Waals surface area contributed by atoms with Crippen LogP contribution in [0.15, 0.2) is 58.0 Å². The Balaban J connectivity index is 1.73. The predicted molar refractivity (Wildman–Crippen MR) is 120 cm³/mol. The molecule has 0 N–H and O–H groups in total. The van der Waals surface area contributed by atoms with Crippen molar-refractivity contribution in [3.05, 3.63) is 63.5 Å². The predicted octanol–water partition coefficient (Wildman–Crippen LogP) is 4.56. The molecule has 1 unspecified atom stereocenters. The molecule has 2 aromatic rings. The maximum Gasteiger partial charge on any atom is 0.315 e. The summed E-state index contributed by atoms with van der Waals surface area (Å²) in [4.78, 5) is 33.8. The quantitative estimate of drug-likeness (QED) is 0.678. The summed E-state index contributed by atoms with van der Waals surface area (Å²) in [6, 6.07) is 12.3. The summed E-state index contributed by atoms with van der Waals surface area (Å²) in [7, 11) is 5.41. The van der Waals surface area contributed by atoms with Crippen LogP contribution >= 0.6 is 11.3 Å². The van der Waals surface area contributed by atoms with Gasteiger partial charge in [0.15, 0.2) is 5.78 Å². The Morgan fingerprint density at radius 2 is 1.90 bits per heavy atom. The molecule has 1 aromatic heterocycles. The van der Waals surface area contributed by atoms with Crippen molar-refractivity contribution in [3.63, 3.8) is 0 Å². The van der Waals surface area contributed by atoms with E-state index in [1.807, 2.05) is 38.5 Å². The number of ether oxygens (including phenoxy) is 1. The van der Waals surface area contributed by atoms with Crippen LogP contribution in [0.2, 0.25) is 0 Å². The van der Waals surface area contributed by atoms with Crippen molar-refractivity contribution in [1.82, 2.24) is 0 Å². The van der Waals surface area contributed by atoms with E-state index in [0.29, 0.717) is 18.4 Å². The van der Waals surface area contributed by atoms with E-state index >= 15 is 0 Å². The lowest BCUT2D eigenvalue weighted by atomic mass is 9.71. The third-order valence-corrected chi connectivity index (χ3v) is 7.03. The minimum absolute atomic E-state index is 0.0847. The largest absolute Gasteiger partial charge is 0.468 e. The highest BCUT2D eigenvalue weighted by Crippen LogP contribution is 2.47. The van der Waals surface area contributed by atoms with Crippen LogP contribution in [-0.2, 0) is 14.3 Å². The van der Waals surface area contributed by atoms with Gasteiger partial charge in [0.25, 0.3) is 0 Å². The van der Waals surface area contributed by atoms with Gasteiger partial charge < -0.3 is 9.64 Å². The van der Waals surface area contributed by atoms with E-state index in [1.165, 1.54) is 7.11 Å². The Morgan fingerprint density at radius 3 is 2.50 bits per heavy atom. The van der Waals surface area contributed by atoms with Crippen LogP contribution in [-0.4, -0.2) is 38.7 Å². The number of carbonyl (C=O) groups is 2. The van der Waals surface area contributed by atoms with E-state index in [-0.39, 0.29) is 23.6 Å². The number of aliphatic imine (C=N–C) groups is 1. The third-order valence-electron chi connectivity index (χ3n) is 6.07. The number of anilines is 1. The minimum Gasteiger partial charge on any atom is -0.468 e. The Kier molecular flexibility index (Phi) is 5.60. The number of thiophene rings is 1. The first-order valence-electron chi connectivity index (χ1n) is 10.1. The molecule has 0 bridgehead atoms. The van der Waals surface area contributed by atoms with Crippen LogP contribution in [0.25, 0.3) is 0 Å². The molecule has 0 radical (unpaired) electrons. The average molecular weight is 423 g/mol. The van der Waals surface area contributed by atoms with Crippen LogP contribution in [0.5, 0.6) is 0 Å².